The third-order valence-electron chi connectivity index (χ3n) is 8.47. The molecule has 0 aliphatic heterocycles. The van der Waals surface area contributed by atoms with Gasteiger partial charge in [0.05, 0.1) is 6.61 Å². The lowest BCUT2D eigenvalue weighted by Gasteiger charge is -2.70. The van der Waals surface area contributed by atoms with Crippen LogP contribution in [-0.2, 0) is 9.05 Å². The zero-order valence-corrected chi connectivity index (χ0v) is 27.5. The van der Waals surface area contributed by atoms with E-state index >= 15 is 0 Å². The van der Waals surface area contributed by atoms with Gasteiger partial charge < -0.3 is 24.5 Å². The number of carbonyl (C=O) groups is 1. The highest BCUT2D eigenvalue weighted by Crippen LogP contribution is 2.68. The van der Waals surface area contributed by atoms with Gasteiger partial charge >= 0.3 is 6.03 Å². The molecule has 1 unspecified atom stereocenters. The Morgan fingerprint density at radius 1 is 0.850 bits per heavy atom. The molecule has 3 fully saturated rings. The minimum Gasteiger partial charge on any atom is -0.338 e. The van der Waals surface area contributed by atoms with Crippen LogP contribution in [0.5, 0.6) is 0 Å². The van der Waals surface area contributed by atoms with E-state index in [1.54, 1.807) is 0 Å². The Labute approximate surface area is 248 Å². The van der Waals surface area contributed by atoms with Gasteiger partial charge in [0.15, 0.2) is 0 Å². The summed E-state index contributed by atoms with van der Waals surface area (Å²) < 4.78 is 14.7. The maximum Gasteiger partial charge on any atom is 0.315 e. The standard InChI is InChI=1S/C32H61N4O3P/c1-7-8-9-10-11-12-13-14-15-16-17-18-19-20-21-34-30(37)35-32-24-31(25-32,26-32)27-39-40(38-23-22-33-6)36(28(2)3)29(4)5/h28-29H,7-27H2,1-5H3,(H2,34,35,37). The van der Waals surface area contributed by atoms with Crippen LogP contribution >= 0.6 is 8.53 Å². The summed E-state index contributed by atoms with van der Waals surface area (Å²) in [6.07, 6.45) is 21.8. The van der Waals surface area contributed by atoms with E-state index < -0.39 is 8.53 Å². The van der Waals surface area contributed by atoms with E-state index in [1.165, 1.54) is 83.5 Å². The van der Waals surface area contributed by atoms with E-state index in [0.717, 1.165) is 32.2 Å². The SMILES string of the molecule is [C-]#[N+]CCOP(OCC12CC(NC(=O)NCCCCCCCCCCCCCCCC)(C1)C2)N(C(C)C)C(C)C. The number of carbonyl (C=O) groups excluding carboxylic acids is 1. The second kappa shape index (κ2) is 19.3. The molecule has 3 rings (SSSR count). The topological polar surface area (TPSA) is 67.2 Å². The normalized spacial score (nSPS) is 22.2. The Morgan fingerprint density at radius 2 is 1.35 bits per heavy atom. The lowest BCUT2D eigenvalue weighted by Crippen LogP contribution is -2.76. The van der Waals surface area contributed by atoms with E-state index in [4.69, 9.17) is 15.6 Å². The minimum atomic E-state index is -1.19. The second-order valence-electron chi connectivity index (χ2n) is 13.1. The monoisotopic (exact) mass is 580 g/mol. The number of amides is 2. The van der Waals surface area contributed by atoms with Gasteiger partial charge in [-0.25, -0.2) is 16.0 Å². The van der Waals surface area contributed by atoms with E-state index in [2.05, 4.69) is 54.8 Å². The summed E-state index contributed by atoms with van der Waals surface area (Å²) in [6, 6.07) is 0.603. The van der Waals surface area contributed by atoms with Gasteiger partial charge in [0.1, 0.15) is 6.61 Å². The number of hydrogen-bond donors (Lipinski definition) is 2. The molecule has 0 heterocycles. The number of hydrogen-bond acceptors (Lipinski definition) is 4. The summed E-state index contributed by atoms with van der Waals surface area (Å²) >= 11 is 0. The molecular weight excluding hydrogens is 519 g/mol. The molecule has 0 spiro atoms. The molecule has 8 heteroatoms. The number of unbranched alkanes of at least 4 members (excludes halogenated alkanes) is 13. The van der Waals surface area contributed by atoms with Gasteiger partial charge in [0.25, 0.3) is 8.53 Å². The van der Waals surface area contributed by atoms with Gasteiger partial charge in [-0.2, -0.15) is 0 Å². The van der Waals surface area contributed by atoms with E-state index in [9.17, 15) is 4.79 Å². The molecule has 0 saturated heterocycles. The molecule has 1 atom stereocenters. The zero-order valence-electron chi connectivity index (χ0n) is 26.6. The summed E-state index contributed by atoms with van der Waals surface area (Å²) in [7, 11) is -1.19. The van der Waals surface area contributed by atoms with Gasteiger partial charge in [-0.05, 0) is 53.4 Å². The summed E-state index contributed by atoms with van der Waals surface area (Å²) in [6.45, 7) is 20.2. The van der Waals surface area contributed by atoms with Crippen LogP contribution in [0.1, 0.15) is 144 Å². The van der Waals surface area contributed by atoms with Crippen LogP contribution in [0.3, 0.4) is 0 Å². The van der Waals surface area contributed by atoms with Crippen LogP contribution in [0, 0.1) is 12.0 Å². The Balaban J connectivity index is 1.48. The van der Waals surface area contributed by atoms with Gasteiger partial charge in [-0.1, -0.05) is 90.4 Å². The van der Waals surface area contributed by atoms with Crippen LogP contribution in [0.4, 0.5) is 4.79 Å². The quantitative estimate of drug-likeness (QED) is 0.0642. The van der Waals surface area contributed by atoms with Crippen molar-refractivity contribution in [3.8, 4) is 0 Å². The van der Waals surface area contributed by atoms with Crippen molar-refractivity contribution in [3.63, 3.8) is 0 Å². The Bertz CT molecular complexity index is 714. The first-order valence-corrected chi connectivity index (χ1v) is 17.6. The van der Waals surface area contributed by atoms with Crippen LogP contribution in [0.2, 0.25) is 0 Å². The van der Waals surface area contributed by atoms with Crippen molar-refractivity contribution in [2.24, 2.45) is 5.41 Å². The van der Waals surface area contributed by atoms with Crippen molar-refractivity contribution < 1.29 is 13.8 Å². The molecule has 0 aromatic carbocycles. The molecule has 2 bridgehead atoms. The smallest absolute Gasteiger partial charge is 0.315 e. The average molecular weight is 581 g/mol. The van der Waals surface area contributed by atoms with E-state index in [-0.39, 0.29) is 17.0 Å². The number of nitrogens with zero attached hydrogens (tertiary/aromatic N) is 2. The van der Waals surface area contributed by atoms with E-state index in [1.807, 2.05) is 0 Å². The maximum atomic E-state index is 12.5. The number of nitrogens with one attached hydrogen (secondary N) is 2. The molecule has 0 aromatic rings. The van der Waals surface area contributed by atoms with Crippen LogP contribution in [0.25, 0.3) is 4.85 Å². The minimum absolute atomic E-state index is 0.0144. The average Bonchev–Trinajstić information content (AvgIpc) is 2.86. The predicted molar refractivity (Wildman–Crippen MR) is 168 cm³/mol. The largest absolute Gasteiger partial charge is 0.338 e. The molecule has 3 saturated carbocycles. The van der Waals surface area contributed by atoms with Crippen LogP contribution in [-0.4, -0.2) is 54.6 Å². The zero-order chi connectivity index (χ0) is 29.3. The Hall–Kier alpha value is -0.930. The molecular formula is C32H61N4O3P. The highest BCUT2D eigenvalue weighted by atomic mass is 31.2. The Kier molecular flexibility index (Phi) is 17.0. The highest BCUT2D eigenvalue weighted by molar-refractivity contribution is 7.44. The summed E-state index contributed by atoms with van der Waals surface area (Å²) in [5.41, 5.74) is 0.137. The van der Waals surface area contributed by atoms with Crippen molar-refractivity contribution in [3.05, 3.63) is 11.4 Å². The lowest BCUT2D eigenvalue weighted by molar-refractivity contribution is -0.167. The molecule has 3 aliphatic carbocycles. The first kappa shape index (κ1) is 35.3. The lowest BCUT2D eigenvalue weighted by atomic mass is 9.40. The third-order valence-corrected chi connectivity index (χ3v) is 10.5. The van der Waals surface area contributed by atoms with Crippen LogP contribution < -0.4 is 10.6 Å². The van der Waals surface area contributed by atoms with Gasteiger partial charge in [0, 0.05) is 29.6 Å². The first-order valence-electron chi connectivity index (χ1n) is 16.5. The van der Waals surface area contributed by atoms with Crippen molar-refractivity contribution in [2.45, 2.75) is 161 Å². The second-order valence-corrected chi connectivity index (χ2v) is 14.5. The predicted octanol–water partition coefficient (Wildman–Crippen LogP) is 8.99. The third kappa shape index (κ3) is 12.5. The van der Waals surface area contributed by atoms with Gasteiger partial charge in [0.2, 0.25) is 6.54 Å². The number of rotatable bonds is 25. The van der Waals surface area contributed by atoms with E-state index in [0.29, 0.717) is 31.8 Å². The van der Waals surface area contributed by atoms with Crippen LogP contribution in [0.15, 0.2) is 0 Å². The molecule has 40 heavy (non-hydrogen) atoms. The van der Waals surface area contributed by atoms with Crippen molar-refractivity contribution in [1.82, 2.24) is 15.3 Å². The molecule has 2 amide bonds. The summed E-state index contributed by atoms with van der Waals surface area (Å²) in [5, 5.41) is 6.32. The Morgan fingerprint density at radius 3 is 1.82 bits per heavy atom. The molecule has 3 aliphatic rings. The summed E-state index contributed by atoms with van der Waals surface area (Å²) in [5.74, 6) is 0. The fraction of sp³-hybridized carbons (Fsp3) is 0.938. The molecule has 0 aromatic heterocycles. The fourth-order valence-corrected chi connectivity index (χ4v) is 8.31. The van der Waals surface area contributed by atoms with Crippen molar-refractivity contribution in [1.29, 1.82) is 0 Å². The molecule has 2 N–H and O–H groups in total. The highest BCUT2D eigenvalue weighted by Gasteiger charge is 2.68. The molecule has 7 nitrogen and oxygen atoms in total. The van der Waals surface area contributed by atoms with Gasteiger partial charge in [-0.15, -0.1) is 0 Å². The number of urea groups is 1. The molecule has 232 valence electrons. The molecule has 0 radical (unpaired) electrons. The first-order chi connectivity index (χ1) is 19.3. The maximum absolute atomic E-state index is 12.5. The van der Waals surface area contributed by atoms with Crippen molar-refractivity contribution >= 4 is 14.6 Å². The summed E-state index contributed by atoms with van der Waals surface area (Å²) in [4.78, 5) is 15.9. The van der Waals surface area contributed by atoms with Crippen molar-refractivity contribution in [2.75, 3.05) is 26.3 Å². The fourth-order valence-electron chi connectivity index (χ4n) is 6.59. The van der Waals surface area contributed by atoms with Gasteiger partial charge in [-0.3, -0.25) is 0 Å².